The van der Waals surface area contributed by atoms with E-state index < -0.39 is 0 Å². The fraction of sp³-hybridized carbons (Fsp3) is 0.417. The molecule has 1 unspecified atom stereocenters. The minimum Gasteiger partial charge on any atom is -0.494 e. The summed E-state index contributed by atoms with van der Waals surface area (Å²) in [5, 5.41) is 0. The van der Waals surface area contributed by atoms with Gasteiger partial charge in [-0.15, -0.1) is 0 Å². The molecule has 1 aliphatic carbocycles. The summed E-state index contributed by atoms with van der Waals surface area (Å²) in [6, 6.07) is 5.72. The molecular weight excluding hydrogens is 176 g/mol. The topological polar surface area (TPSA) is 26.3 Å². The minimum atomic E-state index is 0.244. The second-order valence-corrected chi connectivity index (χ2v) is 3.68. The number of ether oxygens (including phenoxy) is 1. The lowest BCUT2D eigenvalue weighted by Crippen LogP contribution is -1.98. The fourth-order valence-corrected chi connectivity index (χ4v) is 2.07. The molecule has 0 spiro atoms. The van der Waals surface area contributed by atoms with Crippen LogP contribution >= 0.6 is 0 Å². The van der Waals surface area contributed by atoms with Gasteiger partial charge in [-0.05, 0) is 18.9 Å². The quantitative estimate of drug-likeness (QED) is 0.716. The fourth-order valence-electron chi connectivity index (χ4n) is 2.07. The number of ketones is 1. The summed E-state index contributed by atoms with van der Waals surface area (Å²) >= 11 is 0. The van der Waals surface area contributed by atoms with Gasteiger partial charge in [-0.1, -0.05) is 19.1 Å². The zero-order valence-electron chi connectivity index (χ0n) is 8.54. The maximum absolute atomic E-state index is 11.6. The Kier molecular flexibility index (Phi) is 2.28. The first-order chi connectivity index (χ1) is 6.74. The second-order valence-electron chi connectivity index (χ2n) is 3.68. The lowest BCUT2D eigenvalue weighted by atomic mass is 10.0. The zero-order chi connectivity index (χ0) is 10.1. The smallest absolute Gasteiger partial charge is 0.163 e. The van der Waals surface area contributed by atoms with E-state index in [2.05, 4.69) is 6.92 Å². The first-order valence-corrected chi connectivity index (χ1v) is 5.03. The van der Waals surface area contributed by atoms with Gasteiger partial charge in [0.05, 0.1) is 6.61 Å². The van der Waals surface area contributed by atoms with Crippen LogP contribution in [0.2, 0.25) is 0 Å². The zero-order valence-corrected chi connectivity index (χ0v) is 8.54. The molecule has 0 aromatic heterocycles. The monoisotopic (exact) mass is 190 g/mol. The number of benzene rings is 1. The standard InChI is InChI=1S/C12H14O2/c1-3-14-11-6-4-5-9-10(13)7-8(2)12(9)11/h4-6,8H,3,7H2,1-2H3. The second kappa shape index (κ2) is 3.45. The highest BCUT2D eigenvalue weighted by molar-refractivity contribution is 6.02. The lowest BCUT2D eigenvalue weighted by Gasteiger charge is -2.11. The van der Waals surface area contributed by atoms with Gasteiger partial charge in [-0.2, -0.15) is 0 Å². The summed E-state index contributed by atoms with van der Waals surface area (Å²) in [5.74, 6) is 1.43. The van der Waals surface area contributed by atoms with Crippen molar-refractivity contribution in [1.82, 2.24) is 0 Å². The summed E-state index contributed by atoms with van der Waals surface area (Å²) in [6.07, 6.45) is 0.624. The predicted molar refractivity (Wildman–Crippen MR) is 55.0 cm³/mol. The van der Waals surface area contributed by atoms with Crippen LogP contribution in [-0.2, 0) is 0 Å². The van der Waals surface area contributed by atoms with Crippen molar-refractivity contribution in [3.05, 3.63) is 29.3 Å². The number of rotatable bonds is 2. The van der Waals surface area contributed by atoms with Gasteiger partial charge >= 0.3 is 0 Å². The molecule has 0 saturated heterocycles. The van der Waals surface area contributed by atoms with Crippen LogP contribution in [0.3, 0.4) is 0 Å². The predicted octanol–water partition coefficient (Wildman–Crippen LogP) is 2.78. The van der Waals surface area contributed by atoms with Crippen LogP contribution in [0.25, 0.3) is 0 Å². The van der Waals surface area contributed by atoms with E-state index in [1.165, 1.54) is 0 Å². The third-order valence-electron chi connectivity index (χ3n) is 2.65. The molecule has 0 amide bonds. The Labute approximate surface area is 83.9 Å². The first-order valence-electron chi connectivity index (χ1n) is 5.03. The lowest BCUT2D eigenvalue weighted by molar-refractivity contribution is 0.0990. The number of carbonyl (C=O) groups excluding carboxylic acids is 1. The third kappa shape index (κ3) is 1.31. The van der Waals surface area contributed by atoms with Gasteiger partial charge < -0.3 is 4.74 Å². The summed E-state index contributed by atoms with van der Waals surface area (Å²) in [7, 11) is 0. The number of hydrogen-bond donors (Lipinski definition) is 0. The average Bonchev–Trinajstić information content (AvgIpc) is 2.44. The van der Waals surface area contributed by atoms with E-state index in [0.717, 1.165) is 16.9 Å². The molecule has 1 aromatic carbocycles. The molecule has 1 aromatic rings. The molecule has 74 valence electrons. The van der Waals surface area contributed by atoms with Crippen LogP contribution in [0.15, 0.2) is 18.2 Å². The van der Waals surface area contributed by atoms with Crippen molar-refractivity contribution >= 4 is 5.78 Å². The summed E-state index contributed by atoms with van der Waals surface area (Å²) in [6.45, 7) is 4.68. The Hall–Kier alpha value is -1.31. The SMILES string of the molecule is CCOc1cccc2c1C(C)CC2=O. The van der Waals surface area contributed by atoms with Crippen LogP contribution in [0.1, 0.15) is 42.1 Å². The van der Waals surface area contributed by atoms with Crippen LogP contribution in [-0.4, -0.2) is 12.4 Å². The van der Waals surface area contributed by atoms with Gasteiger partial charge in [-0.25, -0.2) is 0 Å². The van der Waals surface area contributed by atoms with Crippen molar-refractivity contribution in [3.8, 4) is 5.75 Å². The van der Waals surface area contributed by atoms with Crippen molar-refractivity contribution in [2.75, 3.05) is 6.61 Å². The number of Topliss-reactive ketones (excluding diaryl/α,β-unsaturated/α-hetero) is 1. The number of hydrogen-bond acceptors (Lipinski definition) is 2. The largest absolute Gasteiger partial charge is 0.494 e. The highest BCUT2D eigenvalue weighted by atomic mass is 16.5. The Morgan fingerprint density at radius 2 is 2.29 bits per heavy atom. The molecular formula is C12H14O2. The van der Waals surface area contributed by atoms with Crippen molar-refractivity contribution in [3.63, 3.8) is 0 Å². The summed E-state index contributed by atoms with van der Waals surface area (Å²) in [5.41, 5.74) is 1.95. The summed E-state index contributed by atoms with van der Waals surface area (Å²) < 4.78 is 5.52. The van der Waals surface area contributed by atoms with E-state index in [0.29, 0.717) is 18.9 Å². The molecule has 1 aliphatic rings. The van der Waals surface area contributed by atoms with Gasteiger partial charge in [-0.3, -0.25) is 4.79 Å². The molecule has 1 atom stereocenters. The Bertz CT molecular complexity index is 369. The van der Waals surface area contributed by atoms with Gasteiger partial charge in [0, 0.05) is 17.5 Å². The summed E-state index contributed by atoms with van der Waals surface area (Å²) in [4.78, 5) is 11.6. The number of fused-ring (bicyclic) bond motifs is 1. The van der Waals surface area contributed by atoms with E-state index >= 15 is 0 Å². The molecule has 0 N–H and O–H groups in total. The van der Waals surface area contributed by atoms with E-state index in [9.17, 15) is 4.79 Å². The van der Waals surface area contributed by atoms with Gasteiger partial charge in [0.25, 0.3) is 0 Å². The van der Waals surface area contributed by atoms with Crippen molar-refractivity contribution in [2.24, 2.45) is 0 Å². The molecule has 14 heavy (non-hydrogen) atoms. The molecule has 0 saturated carbocycles. The van der Waals surface area contributed by atoms with E-state index in [4.69, 9.17) is 4.74 Å². The maximum Gasteiger partial charge on any atom is 0.163 e. The maximum atomic E-state index is 11.6. The molecule has 0 aliphatic heterocycles. The average molecular weight is 190 g/mol. The van der Waals surface area contributed by atoms with Crippen molar-refractivity contribution in [2.45, 2.75) is 26.2 Å². The highest BCUT2D eigenvalue weighted by Gasteiger charge is 2.28. The van der Waals surface area contributed by atoms with Crippen LogP contribution in [0.5, 0.6) is 5.75 Å². The Morgan fingerprint density at radius 1 is 1.50 bits per heavy atom. The molecule has 0 fully saturated rings. The van der Waals surface area contributed by atoms with E-state index in [1.54, 1.807) is 0 Å². The molecule has 2 rings (SSSR count). The highest BCUT2D eigenvalue weighted by Crippen LogP contribution is 2.38. The Balaban J connectivity index is 2.50. The molecule has 0 radical (unpaired) electrons. The molecule has 0 heterocycles. The third-order valence-corrected chi connectivity index (χ3v) is 2.65. The van der Waals surface area contributed by atoms with Crippen molar-refractivity contribution in [1.29, 1.82) is 0 Å². The van der Waals surface area contributed by atoms with Crippen LogP contribution in [0.4, 0.5) is 0 Å². The van der Waals surface area contributed by atoms with E-state index in [-0.39, 0.29) is 5.78 Å². The van der Waals surface area contributed by atoms with Crippen LogP contribution < -0.4 is 4.74 Å². The number of carbonyl (C=O) groups is 1. The van der Waals surface area contributed by atoms with Gasteiger partial charge in [0.2, 0.25) is 0 Å². The van der Waals surface area contributed by atoms with E-state index in [1.807, 2.05) is 25.1 Å². The normalized spacial score (nSPS) is 19.6. The Morgan fingerprint density at radius 3 is 3.00 bits per heavy atom. The molecule has 2 nitrogen and oxygen atoms in total. The van der Waals surface area contributed by atoms with Gasteiger partial charge in [0.15, 0.2) is 5.78 Å². The van der Waals surface area contributed by atoms with Crippen LogP contribution in [0, 0.1) is 0 Å². The van der Waals surface area contributed by atoms with Crippen molar-refractivity contribution < 1.29 is 9.53 Å². The molecule has 2 heteroatoms. The van der Waals surface area contributed by atoms with Gasteiger partial charge in [0.1, 0.15) is 5.75 Å². The minimum absolute atomic E-state index is 0.244. The molecule has 0 bridgehead atoms. The first kappa shape index (κ1) is 9.25.